The topological polar surface area (TPSA) is 221 Å². The first-order valence-corrected chi connectivity index (χ1v) is 21.1. The van der Waals surface area contributed by atoms with Gasteiger partial charge in [0.1, 0.15) is 24.1 Å². The third-order valence-electron chi connectivity index (χ3n) is 11.1. The number of allylic oxidation sites excluding steroid dienone is 1. The molecule has 16 nitrogen and oxygen atoms in total. The fourth-order valence-electron chi connectivity index (χ4n) is 7.76. The number of Topliss-reactive ketones (excluding diaryl/α,β-unsaturated/α-hetero) is 1. The van der Waals surface area contributed by atoms with E-state index in [0.717, 1.165) is 90.9 Å². The van der Waals surface area contributed by atoms with E-state index in [2.05, 4.69) is 5.32 Å². The number of pyridine rings is 1. The number of carbonyl (C=O) groups excluding carboxylic acids is 7. The molecule has 3 aliphatic heterocycles. The number of amides is 3. The zero-order valence-corrected chi connectivity index (χ0v) is 35.5. The number of aromatic nitrogens is 1. The van der Waals surface area contributed by atoms with Crippen molar-refractivity contribution in [1.82, 2.24) is 9.80 Å². The molecule has 4 atom stereocenters. The van der Waals surface area contributed by atoms with E-state index >= 15 is 0 Å². The van der Waals surface area contributed by atoms with Crippen LogP contribution in [0.2, 0.25) is 0 Å². The first kappa shape index (κ1) is 50.5. The highest BCUT2D eigenvalue weighted by atomic mass is 16.7. The van der Waals surface area contributed by atoms with Crippen LogP contribution in [0.25, 0.3) is 6.08 Å². The van der Waals surface area contributed by atoms with Gasteiger partial charge in [-0.3, -0.25) is 28.9 Å². The van der Waals surface area contributed by atoms with Gasteiger partial charge in [-0.1, -0.05) is 44.4 Å². The Morgan fingerprint density at radius 2 is 1.67 bits per heavy atom. The number of hydrogen-bond donors (Lipinski definition) is 4. The summed E-state index contributed by atoms with van der Waals surface area (Å²) >= 11 is 0. The summed E-state index contributed by atoms with van der Waals surface area (Å²) in [5.41, 5.74) is 4.48. The predicted molar refractivity (Wildman–Crippen MR) is 233 cm³/mol. The molecule has 342 valence electrons. The molecule has 0 saturated carbocycles. The van der Waals surface area contributed by atoms with Gasteiger partial charge in [0.25, 0.3) is 17.7 Å². The van der Waals surface area contributed by atoms with Crippen LogP contribution in [0, 0.1) is 19.8 Å². The third kappa shape index (κ3) is 14.4. The molecule has 0 radical (unpaired) electrons. The molecular weight excluding hydrogens is 825 g/mol. The van der Waals surface area contributed by atoms with Crippen LogP contribution in [-0.4, -0.2) is 118 Å². The second-order valence-corrected chi connectivity index (χ2v) is 16.0. The average Bonchev–Trinajstić information content (AvgIpc) is 3.58. The number of nitrogens with zero attached hydrogens (tertiary/aromatic N) is 3. The minimum absolute atomic E-state index is 0. The molecule has 3 amide bonds. The Bertz CT molecular complexity index is 2190. The maximum Gasteiger partial charge on any atom is 0.373 e. The molecular formula is C48H59N4O12+. The van der Waals surface area contributed by atoms with Gasteiger partial charge in [-0.05, 0) is 87.1 Å². The molecule has 2 unspecified atom stereocenters. The van der Waals surface area contributed by atoms with Crippen molar-refractivity contribution in [3.05, 3.63) is 107 Å². The maximum atomic E-state index is 12.9. The second-order valence-electron chi connectivity index (χ2n) is 16.0. The smallest absolute Gasteiger partial charge is 0.373 e. The van der Waals surface area contributed by atoms with Gasteiger partial charge >= 0.3 is 6.15 Å². The SMILES string of the molecule is C.Cc1cccc(C(=O)N2CCC(CCCCCC(=O)/C=C/c3ccc[n+](Cc4cc(C)c(OC5OCC(O)[C@H](O)[C@@H]5O)c(NCC(=O)CN5C(=O)C=CC5=O)c4)c3)CC2)c1.O=C=O. The van der Waals surface area contributed by atoms with E-state index in [1.54, 1.807) is 25.1 Å². The number of imide groups is 1. The summed E-state index contributed by atoms with van der Waals surface area (Å²) in [5, 5.41) is 33.7. The third-order valence-corrected chi connectivity index (χ3v) is 11.1. The summed E-state index contributed by atoms with van der Waals surface area (Å²) in [5.74, 6) is -0.554. The number of aryl methyl sites for hydroxylation is 2. The number of carbonyl (C=O) groups is 5. The van der Waals surface area contributed by atoms with Crippen LogP contribution < -0.4 is 14.6 Å². The first-order chi connectivity index (χ1) is 30.3. The number of piperidine rings is 1. The van der Waals surface area contributed by atoms with Gasteiger partial charge in [0, 0.05) is 54.4 Å². The molecule has 3 aliphatic rings. The van der Waals surface area contributed by atoms with Crippen molar-refractivity contribution in [3.63, 3.8) is 0 Å². The summed E-state index contributed by atoms with van der Waals surface area (Å²) in [4.78, 5) is 81.6. The Hall–Kier alpha value is -6.16. The number of aliphatic hydroxyl groups excluding tert-OH is 3. The number of unbranched alkanes of at least 4 members (excludes halogenated alkanes) is 2. The molecule has 16 heteroatoms. The van der Waals surface area contributed by atoms with Crippen molar-refractivity contribution in [2.24, 2.45) is 5.92 Å². The molecule has 3 aromatic rings. The molecule has 2 saturated heterocycles. The maximum absolute atomic E-state index is 12.9. The number of ketones is 2. The number of anilines is 1. The van der Waals surface area contributed by atoms with E-state index in [1.165, 1.54) is 0 Å². The first-order valence-electron chi connectivity index (χ1n) is 21.1. The van der Waals surface area contributed by atoms with Gasteiger partial charge in [-0.15, -0.1) is 0 Å². The minimum Gasteiger partial charge on any atom is -0.460 e. The molecule has 4 N–H and O–H groups in total. The van der Waals surface area contributed by atoms with E-state index in [1.807, 2.05) is 71.2 Å². The zero-order valence-electron chi connectivity index (χ0n) is 35.5. The number of nitrogens with one attached hydrogen (secondary N) is 1. The Kier molecular flexibility index (Phi) is 19.4. The van der Waals surface area contributed by atoms with Crippen molar-refractivity contribution in [2.75, 3.05) is 38.1 Å². The molecule has 2 aromatic carbocycles. The molecule has 4 heterocycles. The van der Waals surface area contributed by atoms with Crippen LogP contribution in [0.15, 0.2) is 79.2 Å². The summed E-state index contributed by atoms with van der Waals surface area (Å²) < 4.78 is 13.4. The standard InChI is InChI=1S/C46H55N4O10.CO2.CH4/c1-30-8-6-11-35(22-30)45(58)49-20-17-32(18-21-49)9-4-3-5-12-36(51)14-13-33-10-7-19-48(26-33)27-34-23-31(2)44(60-46-43(57)42(56)39(53)29-59-46)38(24-34)47-25-37(52)28-50-40(54)15-16-41(50)55;2-1-3;/h6-8,10-11,13-16,19,22-24,26,32,39,42-43,46-47,53,56-57H,3-5,9,12,17-18,20-21,25,27-29H2,1-2H3;;1H4/q+1;;/b14-13+;;/t39?,42-,43-,46?;;/m0../s1. The van der Waals surface area contributed by atoms with Gasteiger partial charge in [0.2, 0.25) is 6.29 Å². The lowest BCUT2D eigenvalue weighted by atomic mass is 9.90. The number of hydrogen-bond acceptors (Lipinski definition) is 13. The Morgan fingerprint density at radius 1 is 0.953 bits per heavy atom. The Labute approximate surface area is 373 Å². The molecule has 0 bridgehead atoms. The van der Waals surface area contributed by atoms with E-state index in [-0.39, 0.29) is 44.2 Å². The normalized spacial score (nSPS) is 19.7. The van der Waals surface area contributed by atoms with Crippen LogP contribution >= 0.6 is 0 Å². The van der Waals surface area contributed by atoms with Gasteiger partial charge in [-0.25, -0.2) is 4.57 Å². The van der Waals surface area contributed by atoms with Crippen LogP contribution in [0.5, 0.6) is 5.75 Å². The molecule has 0 spiro atoms. The zero-order chi connectivity index (χ0) is 45.5. The van der Waals surface area contributed by atoms with Gasteiger partial charge in [-0.2, -0.15) is 9.59 Å². The van der Waals surface area contributed by atoms with Gasteiger partial charge in [0.15, 0.2) is 30.5 Å². The monoisotopic (exact) mass is 883 g/mol. The van der Waals surface area contributed by atoms with Crippen molar-refractivity contribution >= 4 is 47.2 Å². The van der Waals surface area contributed by atoms with Gasteiger partial charge in [0.05, 0.1) is 25.4 Å². The minimum atomic E-state index is -1.55. The lowest BCUT2D eigenvalue weighted by molar-refractivity contribution is -0.688. The lowest BCUT2D eigenvalue weighted by Gasteiger charge is -2.35. The van der Waals surface area contributed by atoms with Crippen LogP contribution in [0.3, 0.4) is 0 Å². The number of rotatable bonds is 18. The van der Waals surface area contributed by atoms with Crippen LogP contribution in [-0.2, 0) is 40.0 Å². The fraction of sp³-hybridized carbons (Fsp3) is 0.438. The lowest BCUT2D eigenvalue weighted by Crippen LogP contribution is -2.54. The van der Waals surface area contributed by atoms with Crippen molar-refractivity contribution in [3.8, 4) is 5.75 Å². The molecule has 6 rings (SSSR count). The largest absolute Gasteiger partial charge is 0.460 e. The van der Waals surface area contributed by atoms with Crippen molar-refractivity contribution in [2.45, 2.75) is 97.4 Å². The van der Waals surface area contributed by atoms with Crippen LogP contribution in [0.1, 0.15) is 85.0 Å². The molecule has 0 aliphatic carbocycles. The molecule has 2 fully saturated rings. The van der Waals surface area contributed by atoms with E-state index in [9.17, 15) is 39.3 Å². The summed E-state index contributed by atoms with van der Waals surface area (Å²) in [7, 11) is 0. The number of aliphatic hydroxyl groups is 3. The van der Waals surface area contributed by atoms with E-state index < -0.39 is 48.7 Å². The Morgan fingerprint density at radius 3 is 2.38 bits per heavy atom. The van der Waals surface area contributed by atoms with E-state index in [4.69, 9.17) is 19.1 Å². The van der Waals surface area contributed by atoms with Crippen molar-refractivity contribution < 1.29 is 62.9 Å². The number of benzene rings is 2. The highest BCUT2D eigenvalue weighted by Gasteiger charge is 2.39. The quantitative estimate of drug-likeness (QED) is 0.0623. The molecule has 1 aromatic heterocycles. The number of likely N-dealkylation sites (tertiary alicyclic amines) is 1. The highest BCUT2D eigenvalue weighted by molar-refractivity contribution is 6.14. The van der Waals surface area contributed by atoms with Gasteiger partial charge < -0.3 is 35.0 Å². The Balaban J connectivity index is 0.00000218. The summed E-state index contributed by atoms with van der Waals surface area (Å²) in [6.45, 7) is 4.81. The summed E-state index contributed by atoms with van der Waals surface area (Å²) in [6.07, 6.45) is 10.5. The number of ether oxygens (including phenoxy) is 2. The van der Waals surface area contributed by atoms with E-state index in [0.29, 0.717) is 30.1 Å². The van der Waals surface area contributed by atoms with Crippen LogP contribution in [0.4, 0.5) is 5.69 Å². The average molecular weight is 884 g/mol. The predicted octanol–water partition coefficient (Wildman–Crippen LogP) is 3.50. The summed E-state index contributed by atoms with van der Waals surface area (Å²) in [6, 6.07) is 15.2. The second kappa shape index (κ2) is 24.6. The fourth-order valence-corrected chi connectivity index (χ4v) is 7.76. The van der Waals surface area contributed by atoms with Crippen molar-refractivity contribution in [1.29, 1.82) is 0 Å². The highest BCUT2D eigenvalue weighted by Crippen LogP contribution is 2.33. The molecule has 64 heavy (non-hydrogen) atoms.